The molecule has 0 aromatic carbocycles. The summed E-state index contributed by atoms with van der Waals surface area (Å²) < 4.78 is 5.89. The highest BCUT2D eigenvalue weighted by Crippen LogP contribution is 2.34. The van der Waals surface area contributed by atoms with Crippen molar-refractivity contribution in [1.82, 2.24) is 10.3 Å². The molecule has 0 aliphatic carbocycles. The molecule has 102 valence electrons. The zero-order valence-corrected chi connectivity index (χ0v) is 12.6. The molecule has 1 N–H and O–H groups in total. The molecule has 1 aliphatic heterocycles. The van der Waals surface area contributed by atoms with Gasteiger partial charge in [-0.2, -0.15) is 0 Å². The third-order valence-electron chi connectivity index (χ3n) is 3.60. The second-order valence-electron chi connectivity index (χ2n) is 6.20. The van der Waals surface area contributed by atoms with Crippen LogP contribution in [-0.2, 0) is 11.3 Å². The van der Waals surface area contributed by atoms with E-state index in [4.69, 9.17) is 4.74 Å². The summed E-state index contributed by atoms with van der Waals surface area (Å²) in [7, 11) is 0. The van der Waals surface area contributed by atoms with Gasteiger partial charge in [0, 0.05) is 30.5 Å². The maximum atomic E-state index is 5.89. The molecule has 2 atom stereocenters. The van der Waals surface area contributed by atoms with Crippen molar-refractivity contribution in [3.8, 4) is 0 Å². The first-order chi connectivity index (χ1) is 8.48. The van der Waals surface area contributed by atoms with Crippen LogP contribution in [0.3, 0.4) is 0 Å². The second-order valence-corrected chi connectivity index (χ2v) is 7.14. The summed E-state index contributed by atoms with van der Waals surface area (Å²) in [6.45, 7) is 11.8. The van der Waals surface area contributed by atoms with Gasteiger partial charge in [0.2, 0.25) is 0 Å². The van der Waals surface area contributed by atoms with Crippen LogP contribution >= 0.6 is 11.3 Å². The predicted molar refractivity (Wildman–Crippen MR) is 75.9 cm³/mol. The zero-order valence-electron chi connectivity index (χ0n) is 11.8. The van der Waals surface area contributed by atoms with E-state index in [1.807, 2.05) is 5.51 Å². The Morgan fingerprint density at radius 3 is 2.89 bits per heavy atom. The van der Waals surface area contributed by atoms with E-state index in [2.05, 4.69) is 38.0 Å². The van der Waals surface area contributed by atoms with Gasteiger partial charge in [0.15, 0.2) is 0 Å². The number of nitrogens with zero attached hydrogens (tertiary/aromatic N) is 1. The Bertz CT molecular complexity index is 383. The standard InChI is InChI=1S/C14H24N2OS/c1-10-12(18-9-16-10)8-15-7-11-5-6-17-13(11)14(2,3)4/h9,11,13,15H,5-8H2,1-4H3/t11-,13+/m1/s1. The fraction of sp³-hybridized carbons (Fsp3) is 0.786. The summed E-state index contributed by atoms with van der Waals surface area (Å²) in [6.07, 6.45) is 1.56. The number of hydrogen-bond acceptors (Lipinski definition) is 4. The van der Waals surface area contributed by atoms with Crippen molar-refractivity contribution >= 4 is 11.3 Å². The van der Waals surface area contributed by atoms with Crippen LogP contribution in [-0.4, -0.2) is 24.2 Å². The van der Waals surface area contributed by atoms with Crippen molar-refractivity contribution < 1.29 is 4.74 Å². The van der Waals surface area contributed by atoms with Crippen LogP contribution in [0, 0.1) is 18.3 Å². The van der Waals surface area contributed by atoms with E-state index in [9.17, 15) is 0 Å². The van der Waals surface area contributed by atoms with E-state index in [-0.39, 0.29) is 5.41 Å². The largest absolute Gasteiger partial charge is 0.377 e. The minimum atomic E-state index is 0.239. The van der Waals surface area contributed by atoms with Gasteiger partial charge >= 0.3 is 0 Å². The first-order valence-corrected chi connectivity index (χ1v) is 7.57. The molecule has 2 heterocycles. The first kappa shape index (κ1) is 14.0. The number of aromatic nitrogens is 1. The van der Waals surface area contributed by atoms with Crippen molar-refractivity contribution in [3.63, 3.8) is 0 Å². The van der Waals surface area contributed by atoms with Gasteiger partial charge in [0.1, 0.15) is 0 Å². The Hall–Kier alpha value is -0.450. The van der Waals surface area contributed by atoms with Gasteiger partial charge in [-0.05, 0) is 18.8 Å². The molecule has 1 aromatic rings. The van der Waals surface area contributed by atoms with E-state index in [0.717, 1.165) is 25.4 Å². The number of aryl methyl sites for hydroxylation is 1. The Kier molecular flexibility index (Phi) is 4.41. The number of rotatable bonds is 4. The highest BCUT2D eigenvalue weighted by atomic mass is 32.1. The molecule has 0 saturated carbocycles. The molecule has 3 nitrogen and oxygen atoms in total. The molecule has 0 unspecified atom stereocenters. The van der Waals surface area contributed by atoms with Crippen molar-refractivity contribution in [3.05, 3.63) is 16.1 Å². The van der Waals surface area contributed by atoms with Gasteiger partial charge in [-0.3, -0.25) is 0 Å². The van der Waals surface area contributed by atoms with Crippen molar-refractivity contribution in [2.45, 2.75) is 46.8 Å². The third kappa shape index (κ3) is 3.31. The Morgan fingerprint density at radius 1 is 1.50 bits per heavy atom. The van der Waals surface area contributed by atoms with Crippen molar-refractivity contribution in [2.24, 2.45) is 11.3 Å². The summed E-state index contributed by atoms with van der Waals surface area (Å²) in [6, 6.07) is 0. The van der Waals surface area contributed by atoms with Crippen molar-refractivity contribution in [1.29, 1.82) is 0 Å². The van der Waals surface area contributed by atoms with Crippen LogP contribution in [0.15, 0.2) is 5.51 Å². The molecule has 1 fully saturated rings. The molecule has 1 aliphatic rings. The second kappa shape index (κ2) is 5.68. The lowest BCUT2D eigenvalue weighted by Crippen LogP contribution is -2.36. The number of hydrogen-bond donors (Lipinski definition) is 1. The molecule has 0 amide bonds. The topological polar surface area (TPSA) is 34.2 Å². The van der Waals surface area contributed by atoms with Crippen LogP contribution < -0.4 is 5.32 Å². The van der Waals surface area contributed by atoms with E-state index in [0.29, 0.717) is 12.0 Å². The van der Waals surface area contributed by atoms with E-state index >= 15 is 0 Å². The van der Waals surface area contributed by atoms with Gasteiger partial charge in [0.25, 0.3) is 0 Å². The molecular weight excluding hydrogens is 244 g/mol. The molecule has 0 bridgehead atoms. The van der Waals surface area contributed by atoms with E-state index < -0.39 is 0 Å². The summed E-state index contributed by atoms with van der Waals surface area (Å²) in [4.78, 5) is 5.62. The fourth-order valence-corrected chi connectivity index (χ4v) is 3.41. The van der Waals surface area contributed by atoms with Crippen molar-refractivity contribution in [2.75, 3.05) is 13.2 Å². The third-order valence-corrected chi connectivity index (χ3v) is 4.54. The predicted octanol–water partition coefficient (Wildman–Crippen LogP) is 2.99. The Morgan fingerprint density at radius 2 is 2.28 bits per heavy atom. The molecule has 1 saturated heterocycles. The van der Waals surface area contributed by atoms with Crippen LogP contribution in [0.2, 0.25) is 0 Å². The minimum absolute atomic E-state index is 0.239. The lowest BCUT2D eigenvalue weighted by Gasteiger charge is -2.31. The average molecular weight is 268 g/mol. The summed E-state index contributed by atoms with van der Waals surface area (Å²) >= 11 is 1.73. The van der Waals surface area contributed by atoms with Crippen LogP contribution in [0.25, 0.3) is 0 Å². The molecule has 18 heavy (non-hydrogen) atoms. The smallest absolute Gasteiger partial charge is 0.0798 e. The molecule has 4 heteroatoms. The van der Waals surface area contributed by atoms with E-state index in [1.165, 1.54) is 11.3 Å². The lowest BCUT2D eigenvalue weighted by atomic mass is 9.81. The molecule has 2 rings (SSSR count). The highest BCUT2D eigenvalue weighted by molar-refractivity contribution is 7.09. The molecule has 1 aromatic heterocycles. The first-order valence-electron chi connectivity index (χ1n) is 6.70. The number of ether oxygens (including phenoxy) is 1. The average Bonchev–Trinajstić information content (AvgIpc) is 2.87. The van der Waals surface area contributed by atoms with Crippen LogP contribution in [0.5, 0.6) is 0 Å². The molecular formula is C14H24N2OS. The van der Waals surface area contributed by atoms with Crippen LogP contribution in [0.4, 0.5) is 0 Å². The minimum Gasteiger partial charge on any atom is -0.377 e. The van der Waals surface area contributed by atoms with Gasteiger partial charge in [0.05, 0.1) is 17.3 Å². The monoisotopic (exact) mass is 268 g/mol. The van der Waals surface area contributed by atoms with E-state index in [1.54, 1.807) is 11.3 Å². The summed E-state index contributed by atoms with van der Waals surface area (Å²) in [5.74, 6) is 0.637. The normalized spacial score (nSPS) is 24.7. The Balaban J connectivity index is 1.81. The Labute approximate surface area is 114 Å². The lowest BCUT2D eigenvalue weighted by molar-refractivity contribution is 0.00722. The molecule has 0 radical (unpaired) electrons. The maximum absolute atomic E-state index is 5.89. The number of nitrogens with one attached hydrogen (secondary N) is 1. The van der Waals surface area contributed by atoms with Gasteiger partial charge < -0.3 is 10.1 Å². The SMILES string of the molecule is Cc1ncsc1CNC[C@H]1CCO[C@@H]1C(C)(C)C. The quantitative estimate of drug-likeness (QED) is 0.911. The maximum Gasteiger partial charge on any atom is 0.0798 e. The summed E-state index contributed by atoms with van der Waals surface area (Å²) in [5, 5.41) is 3.56. The molecule has 0 spiro atoms. The van der Waals surface area contributed by atoms with Gasteiger partial charge in [-0.15, -0.1) is 11.3 Å². The zero-order chi connectivity index (χ0) is 13.2. The fourth-order valence-electron chi connectivity index (χ4n) is 2.67. The summed E-state index contributed by atoms with van der Waals surface area (Å²) in [5.41, 5.74) is 3.31. The highest BCUT2D eigenvalue weighted by Gasteiger charge is 2.36. The number of thiazole rings is 1. The van der Waals surface area contributed by atoms with Gasteiger partial charge in [-0.25, -0.2) is 4.98 Å². The van der Waals surface area contributed by atoms with Crippen LogP contribution in [0.1, 0.15) is 37.8 Å². The van der Waals surface area contributed by atoms with Gasteiger partial charge in [-0.1, -0.05) is 20.8 Å².